The number of benzene rings is 2. The van der Waals surface area contributed by atoms with E-state index in [-0.39, 0.29) is 10.6 Å². The standard InChI is InChI=1S/C18H15BrN2O3S/c1-24-17-8-7-15(19)10-18(17)25(22,23)21-16-9-14(11-20-12-16)13-5-3-2-4-6-13/h2-12,21H,1H3. The fraction of sp³-hybridized carbons (Fsp3) is 0.0556. The second-order valence-electron chi connectivity index (χ2n) is 5.23. The van der Waals surface area contributed by atoms with Gasteiger partial charge in [0, 0.05) is 16.2 Å². The van der Waals surface area contributed by atoms with Crippen LogP contribution in [0, 0.1) is 0 Å². The van der Waals surface area contributed by atoms with Crippen molar-refractivity contribution in [2.75, 3.05) is 11.8 Å². The van der Waals surface area contributed by atoms with Crippen molar-refractivity contribution in [3.63, 3.8) is 0 Å². The van der Waals surface area contributed by atoms with Gasteiger partial charge in [0.05, 0.1) is 19.0 Å². The Morgan fingerprint density at radius 3 is 2.48 bits per heavy atom. The highest BCUT2D eigenvalue weighted by Gasteiger charge is 2.20. The minimum absolute atomic E-state index is 0.0505. The molecule has 0 fully saturated rings. The lowest BCUT2D eigenvalue weighted by atomic mass is 10.1. The Morgan fingerprint density at radius 1 is 1.00 bits per heavy atom. The summed E-state index contributed by atoms with van der Waals surface area (Å²) in [5, 5.41) is 0. The highest BCUT2D eigenvalue weighted by atomic mass is 79.9. The molecule has 0 aliphatic rings. The van der Waals surface area contributed by atoms with E-state index in [0.717, 1.165) is 11.1 Å². The van der Waals surface area contributed by atoms with E-state index in [1.165, 1.54) is 19.4 Å². The molecule has 3 rings (SSSR count). The van der Waals surface area contributed by atoms with Gasteiger partial charge >= 0.3 is 0 Å². The van der Waals surface area contributed by atoms with E-state index in [9.17, 15) is 8.42 Å². The van der Waals surface area contributed by atoms with Crippen molar-refractivity contribution >= 4 is 31.6 Å². The smallest absolute Gasteiger partial charge is 0.265 e. The molecule has 0 aliphatic heterocycles. The Bertz CT molecular complexity index is 992. The Kier molecular flexibility index (Phi) is 5.06. The summed E-state index contributed by atoms with van der Waals surface area (Å²) in [7, 11) is -2.39. The van der Waals surface area contributed by atoms with E-state index >= 15 is 0 Å². The van der Waals surface area contributed by atoms with Gasteiger partial charge in [-0.2, -0.15) is 0 Å². The largest absolute Gasteiger partial charge is 0.495 e. The number of sulfonamides is 1. The van der Waals surface area contributed by atoms with Gasteiger partial charge in [-0.25, -0.2) is 8.42 Å². The van der Waals surface area contributed by atoms with E-state index in [4.69, 9.17) is 4.74 Å². The maximum atomic E-state index is 12.7. The van der Waals surface area contributed by atoms with Gasteiger partial charge in [0.2, 0.25) is 0 Å². The summed E-state index contributed by atoms with van der Waals surface area (Å²) in [6, 6.07) is 16.2. The summed E-state index contributed by atoms with van der Waals surface area (Å²) in [6.45, 7) is 0. The molecule has 1 heterocycles. The molecule has 25 heavy (non-hydrogen) atoms. The number of hydrogen-bond donors (Lipinski definition) is 1. The van der Waals surface area contributed by atoms with Crippen molar-refractivity contribution in [3.8, 4) is 16.9 Å². The maximum Gasteiger partial charge on any atom is 0.265 e. The molecule has 0 radical (unpaired) electrons. The topological polar surface area (TPSA) is 68.3 Å². The molecular weight excluding hydrogens is 404 g/mol. The molecule has 0 saturated heterocycles. The molecule has 0 spiro atoms. The number of halogens is 1. The zero-order chi connectivity index (χ0) is 17.9. The van der Waals surface area contributed by atoms with Gasteiger partial charge in [0.1, 0.15) is 10.6 Å². The van der Waals surface area contributed by atoms with Crippen LogP contribution >= 0.6 is 15.9 Å². The Labute approximate surface area is 154 Å². The van der Waals surface area contributed by atoms with Gasteiger partial charge in [-0.1, -0.05) is 46.3 Å². The SMILES string of the molecule is COc1ccc(Br)cc1S(=O)(=O)Nc1cncc(-c2ccccc2)c1. The predicted molar refractivity (Wildman–Crippen MR) is 101 cm³/mol. The molecule has 1 N–H and O–H groups in total. The molecule has 0 bridgehead atoms. The summed E-state index contributed by atoms with van der Waals surface area (Å²) in [4.78, 5) is 4.18. The molecule has 3 aromatic rings. The molecule has 2 aromatic carbocycles. The molecule has 0 aliphatic carbocycles. The molecule has 0 amide bonds. The van der Waals surface area contributed by atoms with Gasteiger partial charge in [0.15, 0.2) is 0 Å². The zero-order valence-corrected chi connectivity index (χ0v) is 15.7. The van der Waals surface area contributed by atoms with Crippen LogP contribution in [0.4, 0.5) is 5.69 Å². The van der Waals surface area contributed by atoms with Gasteiger partial charge in [0.25, 0.3) is 10.0 Å². The van der Waals surface area contributed by atoms with E-state index in [1.54, 1.807) is 24.4 Å². The summed E-state index contributed by atoms with van der Waals surface area (Å²) < 4.78 is 33.8. The second-order valence-corrected chi connectivity index (χ2v) is 7.80. The van der Waals surface area contributed by atoms with Crippen molar-refractivity contribution in [2.45, 2.75) is 4.90 Å². The number of nitrogens with one attached hydrogen (secondary N) is 1. The third kappa shape index (κ3) is 4.00. The average Bonchev–Trinajstić information content (AvgIpc) is 2.62. The fourth-order valence-corrected chi connectivity index (χ4v) is 4.10. The van der Waals surface area contributed by atoms with Crippen LogP contribution in [0.1, 0.15) is 0 Å². The molecule has 128 valence electrons. The minimum Gasteiger partial charge on any atom is -0.495 e. The van der Waals surface area contributed by atoms with Crippen LogP contribution in [-0.2, 0) is 10.0 Å². The number of rotatable bonds is 5. The summed E-state index contributed by atoms with van der Waals surface area (Å²) >= 11 is 3.29. The third-order valence-corrected chi connectivity index (χ3v) is 5.41. The Morgan fingerprint density at radius 2 is 1.76 bits per heavy atom. The van der Waals surface area contributed by atoms with Crippen LogP contribution in [0.15, 0.2) is 76.4 Å². The van der Waals surface area contributed by atoms with Crippen LogP contribution in [-0.4, -0.2) is 20.5 Å². The van der Waals surface area contributed by atoms with Crippen LogP contribution in [0.5, 0.6) is 5.75 Å². The normalized spacial score (nSPS) is 11.1. The quantitative estimate of drug-likeness (QED) is 0.669. The first-order chi connectivity index (χ1) is 12.0. The first kappa shape index (κ1) is 17.4. The summed E-state index contributed by atoms with van der Waals surface area (Å²) in [5.74, 6) is 0.267. The lowest BCUT2D eigenvalue weighted by molar-refractivity contribution is 0.403. The van der Waals surface area contributed by atoms with Crippen LogP contribution in [0.25, 0.3) is 11.1 Å². The molecule has 0 saturated carbocycles. The van der Waals surface area contributed by atoms with E-state index in [0.29, 0.717) is 10.2 Å². The van der Waals surface area contributed by atoms with Crippen molar-refractivity contribution in [3.05, 3.63) is 71.5 Å². The first-order valence-electron chi connectivity index (χ1n) is 7.36. The maximum absolute atomic E-state index is 12.7. The van der Waals surface area contributed by atoms with E-state index in [2.05, 4.69) is 25.6 Å². The monoisotopic (exact) mass is 418 g/mol. The molecule has 1 aromatic heterocycles. The van der Waals surface area contributed by atoms with Gasteiger partial charge in [-0.15, -0.1) is 0 Å². The number of ether oxygens (including phenoxy) is 1. The van der Waals surface area contributed by atoms with Crippen molar-refractivity contribution < 1.29 is 13.2 Å². The van der Waals surface area contributed by atoms with Crippen LogP contribution < -0.4 is 9.46 Å². The number of pyridine rings is 1. The Hall–Kier alpha value is -2.38. The number of nitrogens with zero attached hydrogens (tertiary/aromatic N) is 1. The van der Waals surface area contributed by atoms with Crippen LogP contribution in [0.3, 0.4) is 0 Å². The van der Waals surface area contributed by atoms with Crippen molar-refractivity contribution in [1.82, 2.24) is 4.98 Å². The van der Waals surface area contributed by atoms with Crippen molar-refractivity contribution in [1.29, 1.82) is 0 Å². The second kappa shape index (κ2) is 7.25. The molecular formula is C18H15BrN2O3S. The van der Waals surface area contributed by atoms with E-state index < -0.39 is 10.0 Å². The highest BCUT2D eigenvalue weighted by molar-refractivity contribution is 9.10. The minimum atomic E-state index is -3.82. The number of methoxy groups -OCH3 is 1. The third-order valence-electron chi connectivity index (χ3n) is 3.51. The highest BCUT2D eigenvalue weighted by Crippen LogP contribution is 2.29. The summed E-state index contributed by atoms with van der Waals surface area (Å²) in [5.41, 5.74) is 2.15. The average molecular weight is 419 g/mol. The number of anilines is 1. The molecule has 0 unspecified atom stereocenters. The van der Waals surface area contributed by atoms with Gasteiger partial charge in [-0.3, -0.25) is 9.71 Å². The van der Waals surface area contributed by atoms with Crippen molar-refractivity contribution in [2.24, 2.45) is 0 Å². The lowest BCUT2D eigenvalue weighted by Gasteiger charge is -2.12. The zero-order valence-electron chi connectivity index (χ0n) is 13.3. The first-order valence-corrected chi connectivity index (χ1v) is 9.64. The van der Waals surface area contributed by atoms with E-state index in [1.807, 2.05) is 30.3 Å². The lowest BCUT2D eigenvalue weighted by Crippen LogP contribution is -2.14. The predicted octanol–water partition coefficient (Wildman–Crippen LogP) is 4.32. The fourth-order valence-electron chi connectivity index (χ4n) is 2.35. The van der Waals surface area contributed by atoms with Gasteiger partial charge in [-0.05, 0) is 29.8 Å². The number of aromatic nitrogens is 1. The molecule has 0 atom stereocenters. The molecule has 7 heteroatoms. The number of hydrogen-bond acceptors (Lipinski definition) is 4. The van der Waals surface area contributed by atoms with Crippen LogP contribution in [0.2, 0.25) is 0 Å². The Balaban J connectivity index is 1.96. The molecule has 5 nitrogen and oxygen atoms in total. The van der Waals surface area contributed by atoms with Gasteiger partial charge < -0.3 is 4.74 Å². The summed E-state index contributed by atoms with van der Waals surface area (Å²) in [6.07, 6.45) is 3.15.